The minimum absolute atomic E-state index is 0.00437. The Hall–Kier alpha value is -3.58. The Morgan fingerprint density at radius 2 is 2.13 bits per heavy atom. The van der Waals surface area contributed by atoms with Gasteiger partial charge in [-0.05, 0) is 62.6 Å². The van der Waals surface area contributed by atoms with Crippen LogP contribution in [0.2, 0.25) is 0 Å². The number of likely N-dealkylation sites (tertiary alicyclic amines) is 1. The third kappa shape index (κ3) is 5.74. The van der Waals surface area contributed by atoms with Crippen LogP contribution in [0.4, 0.5) is 4.39 Å². The number of aliphatic hydroxyl groups excluding tert-OH is 1. The minimum atomic E-state index is -1.57. The molecule has 0 saturated carbocycles. The number of H-pyrrole nitrogens is 1. The monoisotopic (exact) mass is 530 g/mol. The molecule has 1 saturated heterocycles. The molecule has 3 aromatic rings. The number of pyridine rings is 1. The number of halogens is 1. The summed E-state index contributed by atoms with van der Waals surface area (Å²) in [7, 11) is 3.49. The average molecular weight is 531 g/mol. The van der Waals surface area contributed by atoms with Crippen LogP contribution < -0.4 is 5.32 Å². The van der Waals surface area contributed by atoms with Crippen LogP contribution in [0.15, 0.2) is 60.1 Å². The fraction of sp³-hybridized carbons (Fsp3) is 0.433. The number of aliphatic hydroxyl groups is 1. The number of amides is 1. The van der Waals surface area contributed by atoms with Crippen LogP contribution in [-0.4, -0.2) is 80.9 Å². The Bertz CT molecular complexity index is 1470. The lowest BCUT2D eigenvalue weighted by atomic mass is 9.86. The number of aromatic amines is 1. The normalized spacial score (nSPS) is 25.7. The van der Waals surface area contributed by atoms with Gasteiger partial charge in [-0.15, -0.1) is 0 Å². The number of fused-ring (bicyclic) bond motifs is 1. The van der Waals surface area contributed by atoms with Crippen LogP contribution in [-0.2, 0) is 4.79 Å². The van der Waals surface area contributed by atoms with Crippen LogP contribution in [0.3, 0.4) is 0 Å². The van der Waals surface area contributed by atoms with E-state index in [9.17, 15) is 9.90 Å². The molecule has 2 aromatic heterocycles. The molecular formula is C30H35FN6O2. The van der Waals surface area contributed by atoms with E-state index in [2.05, 4.69) is 32.0 Å². The number of nitrogens with zero attached hydrogens (tertiary/aromatic N) is 4. The molecule has 1 aromatic carbocycles. The average Bonchev–Trinajstić information content (AvgIpc) is 3.33. The first-order valence-corrected chi connectivity index (χ1v) is 13.3. The first-order valence-electron chi connectivity index (χ1n) is 13.3. The first-order chi connectivity index (χ1) is 18.6. The maximum Gasteiger partial charge on any atom is 0.239 e. The predicted molar refractivity (Wildman–Crippen MR) is 148 cm³/mol. The summed E-state index contributed by atoms with van der Waals surface area (Å²) in [5.74, 6) is -0.441. The lowest BCUT2D eigenvalue weighted by molar-refractivity contribution is -0.136. The number of rotatable bonds is 7. The molecule has 204 valence electrons. The van der Waals surface area contributed by atoms with Crippen LogP contribution in [0.5, 0.6) is 0 Å². The number of alkyl halides is 1. The fourth-order valence-electron chi connectivity index (χ4n) is 5.48. The molecule has 8 nitrogen and oxygen atoms in total. The van der Waals surface area contributed by atoms with Crippen LogP contribution >= 0.6 is 0 Å². The van der Waals surface area contributed by atoms with Crippen molar-refractivity contribution in [3.05, 3.63) is 71.4 Å². The highest BCUT2D eigenvalue weighted by molar-refractivity contribution is 5.93. The highest BCUT2D eigenvalue weighted by Crippen LogP contribution is 2.32. The molecule has 3 heterocycles. The molecule has 0 spiro atoms. The number of likely N-dealkylation sites (N-methyl/N-ethyl adjacent to an activating group) is 1. The van der Waals surface area contributed by atoms with E-state index in [-0.39, 0.29) is 18.0 Å². The third-order valence-electron chi connectivity index (χ3n) is 7.75. The highest BCUT2D eigenvalue weighted by atomic mass is 19.1. The van der Waals surface area contributed by atoms with Crippen molar-refractivity contribution in [2.45, 2.75) is 50.7 Å². The Kier molecular flexibility index (Phi) is 7.54. The van der Waals surface area contributed by atoms with E-state index in [1.807, 2.05) is 42.2 Å². The SMILES string of the molecule is Cc1cc(-c2n[nH]c3ccc(C(O)N[C@@H]4CC[C@@H](C(=O)N(C)C)N(CC5C=C=C=CC5(C)F)C4)cc23)ccn1. The molecular weight excluding hydrogens is 495 g/mol. The number of hydrogen-bond donors (Lipinski definition) is 3. The number of aromatic nitrogens is 3. The van der Waals surface area contributed by atoms with E-state index in [0.717, 1.165) is 33.4 Å². The summed E-state index contributed by atoms with van der Waals surface area (Å²) in [5.41, 5.74) is 8.29. The minimum Gasteiger partial charge on any atom is -0.374 e. The summed E-state index contributed by atoms with van der Waals surface area (Å²) in [4.78, 5) is 20.9. The van der Waals surface area contributed by atoms with Crippen molar-refractivity contribution in [2.24, 2.45) is 5.92 Å². The summed E-state index contributed by atoms with van der Waals surface area (Å²) in [6.07, 6.45) is 5.26. The van der Waals surface area contributed by atoms with E-state index in [4.69, 9.17) is 0 Å². The van der Waals surface area contributed by atoms with Gasteiger partial charge in [-0.3, -0.25) is 25.1 Å². The molecule has 3 N–H and O–H groups in total. The predicted octanol–water partition coefficient (Wildman–Crippen LogP) is 3.66. The summed E-state index contributed by atoms with van der Waals surface area (Å²) >= 11 is 0. The third-order valence-corrected chi connectivity index (χ3v) is 7.75. The van der Waals surface area contributed by atoms with Crippen molar-refractivity contribution in [3.63, 3.8) is 0 Å². The van der Waals surface area contributed by atoms with Crippen LogP contribution in [0.25, 0.3) is 22.2 Å². The summed E-state index contributed by atoms with van der Waals surface area (Å²) < 4.78 is 15.2. The van der Waals surface area contributed by atoms with E-state index >= 15 is 4.39 Å². The summed E-state index contributed by atoms with van der Waals surface area (Å²) in [6, 6.07) is 9.20. The smallest absolute Gasteiger partial charge is 0.239 e. The largest absolute Gasteiger partial charge is 0.374 e. The van der Waals surface area contributed by atoms with E-state index < -0.39 is 17.8 Å². The zero-order chi connectivity index (χ0) is 27.7. The Morgan fingerprint density at radius 1 is 1.31 bits per heavy atom. The zero-order valence-electron chi connectivity index (χ0n) is 22.8. The lowest BCUT2D eigenvalue weighted by Crippen LogP contribution is -2.57. The molecule has 0 radical (unpaired) electrons. The van der Waals surface area contributed by atoms with Crippen molar-refractivity contribution >= 4 is 16.8 Å². The molecule has 1 aliphatic carbocycles. The van der Waals surface area contributed by atoms with E-state index in [0.29, 0.717) is 25.9 Å². The van der Waals surface area contributed by atoms with Crippen molar-refractivity contribution in [1.82, 2.24) is 30.3 Å². The van der Waals surface area contributed by atoms with Gasteiger partial charge < -0.3 is 10.0 Å². The van der Waals surface area contributed by atoms with Gasteiger partial charge in [-0.1, -0.05) is 17.5 Å². The molecule has 1 amide bonds. The second-order valence-electron chi connectivity index (χ2n) is 11.0. The number of aryl methyl sites for hydroxylation is 1. The molecule has 3 unspecified atom stereocenters. The standard InChI is InChI=1S/C30H35FN6O2/c1-19-15-20(12-14-32-19)27-24-16-21(8-10-25(24)34-35-27)28(38)33-23-9-11-26(29(39)36(3)4)37(18-23)17-22-7-5-6-13-30(22,2)31/h7-8,10,12-16,22-23,26,28,33,38H,9,11,17-18H2,1-4H3,(H,34,35)/t22?,23-,26+,28?,30?/m1/s1. The van der Waals surface area contributed by atoms with E-state index in [1.54, 1.807) is 31.3 Å². The molecule has 5 atom stereocenters. The Balaban J connectivity index is 1.34. The van der Waals surface area contributed by atoms with Gasteiger partial charge in [0.15, 0.2) is 0 Å². The van der Waals surface area contributed by atoms with Gasteiger partial charge in [0.1, 0.15) is 17.6 Å². The fourth-order valence-corrected chi connectivity index (χ4v) is 5.48. The molecule has 1 fully saturated rings. The molecule has 2 aliphatic rings. The molecule has 9 heteroatoms. The maximum atomic E-state index is 15.2. The lowest BCUT2D eigenvalue weighted by Gasteiger charge is -2.43. The second-order valence-corrected chi connectivity index (χ2v) is 11.0. The quantitative estimate of drug-likeness (QED) is 0.319. The van der Waals surface area contributed by atoms with Gasteiger partial charge in [-0.2, -0.15) is 5.10 Å². The second kappa shape index (κ2) is 10.9. The molecule has 1 aliphatic heterocycles. The topological polar surface area (TPSA) is 97.4 Å². The van der Waals surface area contributed by atoms with E-state index in [1.165, 1.54) is 13.0 Å². The van der Waals surface area contributed by atoms with Gasteiger partial charge in [-0.25, -0.2) is 4.39 Å². The molecule has 39 heavy (non-hydrogen) atoms. The van der Waals surface area contributed by atoms with Crippen molar-refractivity contribution in [1.29, 1.82) is 0 Å². The van der Waals surface area contributed by atoms with Crippen LogP contribution in [0, 0.1) is 12.8 Å². The van der Waals surface area contributed by atoms with Gasteiger partial charge >= 0.3 is 0 Å². The maximum absolute atomic E-state index is 15.2. The van der Waals surface area contributed by atoms with Gasteiger partial charge in [0.25, 0.3) is 0 Å². The summed E-state index contributed by atoms with van der Waals surface area (Å²) in [5, 5.41) is 23.0. The van der Waals surface area contributed by atoms with Crippen molar-refractivity contribution in [3.8, 4) is 11.3 Å². The summed E-state index contributed by atoms with van der Waals surface area (Å²) in [6.45, 7) is 4.34. The number of benzene rings is 1. The highest BCUT2D eigenvalue weighted by Gasteiger charge is 2.39. The Morgan fingerprint density at radius 3 is 2.87 bits per heavy atom. The van der Waals surface area contributed by atoms with Crippen molar-refractivity contribution < 1.29 is 14.3 Å². The number of nitrogens with one attached hydrogen (secondary N) is 2. The molecule has 0 bridgehead atoms. The zero-order valence-corrected chi connectivity index (χ0v) is 22.8. The van der Waals surface area contributed by atoms with Crippen molar-refractivity contribution in [2.75, 3.05) is 27.2 Å². The number of carbonyl (C=O) groups is 1. The number of piperidine rings is 1. The van der Waals surface area contributed by atoms with Gasteiger partial charge in [0, 0.05) is 68.1 Å². The Labute approximate surface area is 227 Å². The number of allylic oxidation sites excluding steroid dienone is 1. The van der Waals surface area contributed by atoms with Crippen LogP contribution in [0.1, 0.15) is 37.3 Å². The molecule has 5 rings (SSSR count). The number of hydrogen-bond acceptors (Lipinski definition) is 6. The van der Waals surface area contributed by atoms with Gasteiger partial charge in [0.2, 0.25) is 5.91 Å². The number of carbonyl (C=O) groups excluding carboxylic acids is 1. The van der Waals surface area contributed by atoms with Gasteiger partial charge in [0.05, 0.1) is 11.6 Å². The first kappa shape index (κ1) is 27.0.